The second-order valence-corrected chi connectivity index (χ2v) is 10.8. The van der Waals surface area contributed by atoms with Crippen molar-refractivity contribution in [3.05, 3.63) is 34.4 Å². The summed E-state index contributed by atoms with van der Waals surface area (Å²) in [5.41, 5.74) is 0.781. The highest BCUT2D eigenvalue weighted by atomic mass is 19.4. The van der Waals surface area contributed by atoms with Crippen molar-refractivity contribution in [3.63, 3.8) is 0 Å². The minimum Gasteiger partial charge on any atom is -0.472 e. The Morgan fingerprint density at radius 1 is 1.07 bits per heavy atom. The molecule has 2 fully saturated rings. The predicted octanol–water partition coefficient (Wildman–Crippen LogP) is 4.73. The van der Waals surface area contributed by atoms with Gasteiger partial charge in [-0.2, -0.15) is 26.3 Å². The van der Waals surface area contributed by atoms with E-state index >= 15 is 4.39 Å². The number of aliphatic hydroxyl groups excluding tert-OH is 1. The monoisotopic (exact) mass is 586 g/mol. The van der Waals surface area contributed by atoms with Crippen LogP contribution in [-0.4, -0.2) is 57.0 Å². The molecule has 0 aromatic carbocycles. The molecule has 6 heterocycles. The maximum Gasteiger partial charge on any atom is 0.418 e. The number of aromatic nitrogens is 3. The molecule has 3 aromatic heterocycles. The summed E-state index contributed by atoms with van der Waals surface area (Å²) in [5.74, 6) is -2.18. The standard InChI is InChI=1S/C26H25F7N6O2/c1-8-15(22(40)26(31,32)33)16-17-23(36-8)39-7-11-4-5-13(37-11)21(39)10(3)41-24(17)38-20(19(16)27)12-6-14(34)35-9(2)18(12)25(28,29)30/h6,10-11,13,21-22,37,40H,4-5,7H2,1-3H3,(H2,34,35)/t10-,11+,13-,21+,22?/m0/s1. The highest BCUT2D eigenvalue weighted by Gasteiger charge is 2.49. The van der Waals surface area contributed by atoms with E-state index in [0.29, 0.717) is 6.54 Å². The van der Waals surface area contributed by atoms with Crippen molar-refractivity contribution in [2.24, 2.45) is 0 Å². The van der Waals surface area contributed by atoms with Crippen molar-refractivity contribution in [2.75, 3.05) is 17.2 Å². The number of nitrogen functional groups attached to an aromatic ring is 1. The number of pyridine rings is 3. The molecule has 4 N–H and O–H groups in total. The number of halogens is 7. The number of aryl methyl sites for hydroxylation is 2. The molecule has 3 aromatic rings. The van der Waals surface area contributed by atoms with Crippen LogP contribution in [0.3, 0.4) is 0 Å². The molecule has 3 aliphatic rings. The van der Waals surface area contributed by atoms with E-state index in [-0.39, 0.29) is 40.8 Å². The summed E-state index contributed by atoms with van der Waals surface area (Å²) in [6.45, 7) is 4.31. The molecule has 41 heavy (non-hydrogen) atoms. The number of nitrogens with two attached hydrogens (primary N) is 1. The molecule has 2 bridgehead atoms. The van der Waals surface area contributed by atoms with Gasteiger partial charge in [-0.1, -0.05) is 0 Å². The summed E-state index contributed by atoms with van der Waals surface area (Å²) in [6.07, 6.45) is -12.5. The number of aliphatic hydroxyl groups is 1. The first kappa shape index (κ1) is 27.7. The van der Waals surface area contributed by atoms with Gasteiger partial charge in [0.05, 0.1) is 22.7 Å². The van der Waals surface area contributed by atoms with Crippen LogP contribution >= 0.6 is 0 Å². The predicted molar refractivity (Wildman–Crippen MR) is 134 cm³/mol. The fourth-order valence-electron chi connectivity index (χ4n) is 6.56. The lowest BCUT2D eigenvalue weighted by atomic mass is 9.94. The summed E-state index contributed by atoms with van der Waals surface area (Å²) in [4.78, 5) is 14.0. The van der Waals surface area contributed by atoms with Crippen LogP contribution in [0, 0.1) is 19.7 Å². The minimum absolute atomic E-state index is 0.0387. The Kier molecular flexibility index (Phi) is 6.09. The summed E-state index contributed by atoms with van der Waals surface area (Å²) < 4.78 is 107. The lowest BCUT2D eigenvalue weighted by Crippen LogP contribution is -2.62. The maximum absolute atomic E-state index is 16.6. The molecule has 8 nitrogen and oxygen atoms in total. The normalized spacial score (nSPS) is 24.7. The summed E-state index contributed by atoms with van der Waals surface area (Å²) in [7, 11) is 0. The number of fused-ring (bicyclic) bond motifs is 5. The van der Waals surface area contributed by atoms with Crippen LogP contribution in [-0.2, 0) is 6.18 Å². The minimum atomic E-state index is -5.24. The maximum atomic E-state index is 16.6. The van der Waals surface area contributed by atoms with E-state index in [0.717, 1.165) is 25.8 Å². The SMILES string of the molecule is Cc1nc(N)cc(-c2nc3c4c(nc(C)c(C(O)C(F)(F)F)c4c2F)N2C[C@H]4CC[C@H](N4)[C@H]2[C@H](C)O3)c1C(F)(F)F. The summed E-state index contributed by atoms with van der Waals surface area (Å²) in [6, 6.07) is 0.338. The van der Waals surface area contributed by atoms with Crippen molar-refractivity contribution in [1.29, 1.82) is 0 Å². The van der Waals surface area contributed by atoms with E-state index in [4.69, 9.17) is 10.5 Å². The zero-order valence-electron chi connectivity index (χ0n) is 22.0. The third-order valence-corrected chi connectivity index (χ3v) is 8.12. The molecule has 0 aliphatic carbocycles. The highest BCUT2D eigenvalue weighted by molar-refractivity contribution is 6.02. The lowest BCUT2D eigenvalue weighted by Gasteiger charge is -2.43. The molecule has 5 atom stereocenters. The van der Waals surface area contributed by atoms with Crippen LogP contribution in [0.4, 0.5) is 42.4 Å². The highest BCUT2D eigenvalue weighted by Crippen LogP contribution is 2.49. The van der Waals surface area contributed by atoms with E-state index in [1.807, 2.05) is 4.90 Å². The van der Waals surface area contributed by atoms with Crippen molar-refractivity contribution in [3.8, 4) is 17.1 Å². The lowest BCUT2D eigenvalue weighted by molar-refractivity contribution is -0.206. The Labute approximate surface area is 228 Å². The van der Waals surface area contributed by atoms with Gasteiger partial charge >= 0.3 is 12.4 Å². The first-order valence-corrected chi connectivity index (χ1v) is 12.9. The summed E-state index contributed by atoms with van der Waals surface area (Å²) >= 11 is 0. The molecular weight excluding hydrogens is 561 g/mol. The van der Waals surface area contributed by atoms with Gasteiger partial charge in [-0.05, 0) is 39.7 Å². The third kappa shape index (κ3) is 4.23. The fraction of sp³-hybridized carbons (Fsp3) is 0.500. The zero-order valence-corrected chi connectivity index (χ0v) is 22.0. The number of rotatable bonds is 2. The topological polar surface area (TPSA) is 109 Å². The van der Waals surface area contributed by atoms with Gasteiger partial charge in [0.1, 0.15) is 23.4 Å². The number of hydrogen-bond donors (Lipinski definition) is 3. The molecule has 2 saturated heterocycles. The molecular formula is C26H25F7N6O2. The quantitative estimate of drug-likeness (QED) is 0.370. The van der Waals surface area contributed by atoms with Gasteiger partial charge in [0.15, 0.2) is 11.9 Å². The van der Waals surface area contributed by atoms with E-state index < -0.39 is 69.7 Å². The van der Waals surface area contributed by atoms with Gasteiger partial charge in [0, 0.05) is 40.8 Å². The van der Waals surface area contributed by atoms with Crippen LogP contribution in [0.2, 0.25) is 0 Å². The van der Waals surface area contributed by atoms with Crippen molar-refractivity contribution < 1.29 is 40.6 Å². The number of nitrogens with zero attached hydrogens (tertiary/aromatic N) is 4. The number of nitrogens with one attached hydrogen (secondary N) is 1. The van der Waals surface area contributed by atoms with Crippen LogP contribution < -0.4 is 20.7 Å². The Bertz CT molecular complexity index is 1580. The molecule has 3 aliphatic heterocycles. The van der Waals surface area contributed by atoms with Gasteiger partial charge in [0.25, 0.3) is 0 Å². The first-order chi connectivity index (χ1) is 19.1. The Balaban J connectivity index is 1.75. The van der Waals surface area contributed by atoms with E-state index in [9.17, 15) is 31.4 Å². The van der Waals surface area contributed by atoms with Crippen LogP contribution in [0.1, 0.15) is 48.4 Å². The largest absolute Gasteiger partial charge is 0.472 e. The third-order valence-electron chi connectivity index (χ3n) is 8.12. The number of piperazine rings is 1. The summed E-state index contributed by atoms with van der Waals surface area (Å²) in [5, 5.41) is 12.8. The zero-order chi connectivity index (χ0) is 29.8. The molecule has 220 valence electrons. The van der Waals surface area contributed by atoms with Crippen LogP contribution in [0.25, 0.3) is 22.0 Å². The molecule has 15 heteroatoms. The van der Waals surface area contributed by atoms with E-state index in [1.165, 1.54) is 6.92 Å². The van der Waals surface area contributed by atoms with E-state index in [2.05, 4.69) is 20.3 Å². The molecule has 1 unspecified atom stereocenters. The van der Waals surface area contributed by atoms with E-state index in [1.54, 1.807) is 6.92 Å². The average Bonchev–Trinajstić information content (AvgIpc) is 3.17. The molecule has 0 spiro atoms. The van der Waals surface area contributed by atoms with Crippen LogP contribution in [0.15, 0.2) is 6.07 Å². The van der Waals surface area contributed by atoms with Gasteiger partial charge < -0.3 is 25.8 Å². The van der Waals surface area contributed by atoms with Gasteiger partial charge in [-0.3, -0.25) is 0 Å². The Hall–Kier alpha value is -3.46. The van der Waals surface area contributed by atoms with Gasteiger partial charge in [-0.15, -0.1) is 0 Å². The van der Waals surface area contributed by atoms with Crippen LogP contribution in [0.5, 0.6) is 5.88 Å². The van der Waals surface area contributed by atoms with Crippen molar-refractivity contribution in [2.45, 2.75) is 76.3 Å². The van der Waals surface area contributed by atoms with Crippen molar-refractivity contribution >= 4 is 22.4 Å². The smallest absolute Gasteiger partial charge is 0.418 e. The second-order valence-electron chi connectivity index (χ2n) is 10.8. The second kappa shape index (κ2) is 9.02. The molecule has 6 rings (SSSR count). The average molecular weight is 587 g/mol. The Morgan fingerprint density at radius 2 is 1.78 bits per heavy atom. The molecule has 0 amide bonds. The fourth-order valence-corrected chi connectivity index (χ4v) is 6.56. The number of alkyl halides is 6. The number of ether oxygens (including phenoxy) is 1. The number of anilines is 2. The van der Waals surface area contributed by atoms with Crippen molar-refractivity contribution in [1.82, 2.24) is 20.3 Å². The Morgan fingerprint density at radius 3 is 2.44 bits per heavy atom. The van der Waals surface area contributed by atoms with Gasteiger partial charge in [-0.25, -0.2) is 19.3 Å². The molecule has 0 saturated carbocycles. The first-order valence-electron chi connectivity index (χ1n) is 12.9. The van der Waals surface area contributed by atoms with Gasteiger partial charge in [0.2, 0.25) is 5.88 Å². The molecule has 0 radical (unpaired) electrons. The number of hydrogen-bond acceptors (Lipinski definition) is 8.